The van der Waals surface area contributed by atoms with E-state index >= 15 is 0 Å². The molecule has 1 aliphatic rings. The summed E-state index contributed by atoms with van der Waals surface area (Å²) in [7, 11) is -0.759. The van der Waals surface area contributed by atoms with E-state index in [1.807, 2.05) is 6.92 Å². The van der Waals surface area contributed by atoms with Gasteiger partial charge in [0.1, 0.15) is 0 Å². The van der Waals surface area contributed by atoms with Gasteiger partial charge < -0.3 is 10.5 Å². The van der Waals surface area contributed by atoms with Crippen molar-refractivity contribution in [3.05, 3.63) is 0 Å². The number of nitrogens with two attached hydrogens (primary N) is 1. The lowest BCUT2D eigenvalue weighted by Gasteiger charge is -2.26. The third-order valence-corrected chi connectivity index (χ3v) is 4.10. The van der Waals surface area contributed by atoms with Gasteiger partial charge in [0.15, 0.2) is 0 Å². The molecule has 4 nitrogen and oxygen atoms in total. The molecule has 0 bridgehead atoms. The largest absolute Gasteiger partial charge is 0.379 e. The van der Waals surface area contributed by atoms with Crippen molar-refractivity contribution in [2.75, 3.05) is 44.4 Å². The highest BCUT2D eigenvalue weighted by atomic mass is 32.2. The lowest BCUT2D eigenvalue weighted by molar-refractivity contribution is 0.0409. The van der Waals surface area contributed by atoms with Crippen LogP contribution in [-0.4, -0.2) is 59.5 Å². The van der Waals surface area contributed by atoms with Crippen molar-refractivity contribution in [2.24, 2.45) is 5.73 Å². The number of nitrogens with zero attached hydrogens (tertiary/aromatic N) is 1. The summed E-state index contributed by atoms with van der Waals surface area (Å²) >= 11 is 0. The van der Waals surface area contributed by atoms with Gasteiger partial charge in [0, 0.05) is 48.0 Å². The molecule has 1 fully saturated rings. The van der Waals surface area contributed by atoms with Crippen molar-refractivity contribution in [3.63, 3.8) is 0 Å². The Labute approximate surface area is 94.6 Å². The van der Waals surface area contributed by atoms with Crippen LogP contribution in [0.3, 0.4) is 0 Å². The second kappa shape index (κ2) is 7.33. The molecular formula is C10H22N2O2S. The van der Waals surface area contributed by atoms with Crippen molar-refractivity contribution in [1.82, 2.24) is 4.90 Å². The van der Waals surface area contributed by atoms with Gasteiger partial charge in [0.2, 0.25) is 0 Å². The smallest absolute Gasteiger partial charge is 0.0594 e. The van der Waals surface area contributed by atoms with Crippen LogP contribution in [0.1, 0.15) is 13.3 Å². The third kappa shape index (κ3) is 5.61. The predicted octanol–water partition coefficient (Wildman–Crippen LogP) is -0.195. The molecule has 0 amide bonds. The molecule has 0 aromatic heterocycles. The average Bonchev–Trinajstić information content (AvgIpc) is 2.27. The molecule has 5 heteroatoms. The molecule has 0 aliphatic carbocycles. The molecule has 0 saturated carbocycles. The van der Waals surface area contributed by atoms with Crippen molar-refractivity contribution < 1.29 is 8.95 Å². The molecular weight excluding hydrogens is 212 g/mol. The highest BCUT2D eigenvalue weighted by Gasteiger charge is 2.12. The Hall–Kier alpha value is 0.0300. The topological polar surface area (TPSA) is 55.6 Å². The summed E-state index contributed by atoms with van der Waals surface area (Å²) in [6, 6.07) is 0.0931. The number of morpholine rings is 1. The number of rotatable bonds is 6. The van der Waals surface area contributed by atoms with Crippen LogP contribution >= 0.6 is 0 Å². The number of ether oxygens (including phenoxy) is 1. The van der Waals surface area contributed by atoms with Crippen LogP contribution in [0.2, 0.25) is 0 Å². The fraction of sp³-hybridized carbons (Fsp3) is 1.00. The van der Waals surface area contributed by atoms with Crippen LogP contribution in [0.25, 0.3) is 0 Å². The van der Waals surface area contributed by atoms with E-state index in [-0.39, 0.29) is 6.04 Å². The van der Waals surface area contributed by atoms with Gasteiger partial charge >= 0.3 is 0 Å². The van der Waals surface area contributed by atoms with Gasteiger partial charge in [-0.1, -0.05) is 6.92 Å². The monoisotopic (exact) mass is 234 g/mol. The summed E-state index contributed by atoms with van der Waals surface area (Å²) in [5, 5.41) is 0. The maximum absolute atomic E-state index is 11.6. The Morgan fingerprint density at radius 2 is 2.13 bits per heavy atom. The molecule has 0 radical (unpaired) electrons. The molecule has 2 atom stereocenters. The molecule has 1 aliphatic heterocycles. The van der Waals surface area contributed by atoms with E-state index in [4.69, 9.17) is 10.5 Å². The van der Waals surface area contributed by atoms with E-state index in [0.717, 1.165) is 45.0 Å². The second-order valence-corrected chi connectivity index (χ2v) is 5.55. The van der Waals surface area contributed by atoms with Gasteiger partial charge in [-0.15, -0.1) is 0 Å². The molecule has 0 aromatic rings. The highest BCUT2D eigenvalue weighted by molar-refractivity contribution is 7.85. The number of hydrogen-bond donors (Lipinski definition) is 1. The number of hydrogen-bond acceptors (Lipinski definition) is 4. The molecule has 1 heterocycles. The first-order valence-corrected chi connectivity index (χ1v) is 7.12. The van der Waals surface area contributed by atoms with Crippen molar-refractivity contribution in [3.8, 4) is 0 Å². The van der Waals surface area contributed by atoms with Gasteiger partial charge in [-0.25, -0.2) is 0 Å². The summed E-state index contributed by atoms with van der Waals surface area (Å²) in [6.07, 6.45) is 0.906. The molecule has 1 rings (SSSR count). The Balaban J connectivity index is 2.10. The van der Waals surface area contributed by atoms with Crippen molar-refractivity contribution >= 4 is 10.8 Å². The molecule has 2 unspecified atom stereocenters. The molecule has 0 aromatic carbocycles. The average molecular weight is 234 g/mol. The van der Waals surface area contributed by atoms with E-state index in [9.17, 15) is 4.21 Å². The first-order valence-electron chi connectivity index (χ1n) is 5.63. The van der Waals surface area contributed by atoms with Gasteiger partial charge in [-0.2, -0.15) is 0 Å². The zero-order valence-corrected chi connectivity index (χ0v) is 10.3. The van der Waals surface area contributed by atoms with E-state index in [1.165, 1.54) is 0 Å². The molecule has 90 valence electrons. The molecule has 1 saturated heterocycles. The standard InChI is InChI=1S/C10H22N2O2S/c1-2-10(11)9-15(13)8-5-12-3-6-14-7-4-12/h10H,2-9,11H2,1H3. The fourth-order valence-corrected chi connectivity index (χ4v) is 2.84. The Kier molecular flexibility index (Phi) is 6.40. The lowest BCUT2D eigenvalue weighted by Crippen LogP contribution is -2.39. The van der Waals surface area contributed by atoms with Crippen LogP contribution in [-0.2, 0) is 15.5 Å². The normalized spacial score (nSPS) is 22.5. The molecule has 15 heavy (non-hydrogen) atoms. The minimum Gasteiger partial charge on any atom is -0.379 e. The van der Waals surface area contributed by atoms with Crippen molar-refractivity contribution in [1.29, 1.82) is 0 Å². The summed E-state index contributed by atoms with van der Waals surface area (Å²) in [6.45, 7) is 6.49. The molecule has 0 spiro atoms. The van der Waals surface area contributed by atoms with Crippen molar-refractivity contribution in [2.45, 2.75) is 19.4 Å². The maximum atomic E-state index is 11.6. The fourth-order valence-electron chi connectivity index (χ4n) is 1.50. The van der Waals surface area contributed by atoms with Crippen LogP contribution in [0.15, 0.2) is 0 Å². The van der Waals surface area contributed by atoms with Gasteiger partial charge in [-0.3, -0.25) is 9.11 Å². The molecule has 2 N–H and O–H groups in total. The third-order valence-electron chi connectivity index (χ3n) is 2.66. The Bertz CT molecular complexity index is 196. The van der Waals surface area contributed by atoms with Crippen LogP contribution in [0.5, 0.6) is 0 Å². The zero-order valence-electron chi connectivity index (χ0n) is 9.48. The second-order valence-electron chi connectivity index (χ2n) is 3.93. The Morgan fingerprint density at radius 1 is 1.47 bits per heavy atom. The van der Waals surface area contributed by atoms with Gasteiger partial charge in [0.05, 0.1) is 13.2 Å². The highest BCUT2D eigenvalue weighted by Crippen LogP contribution is 1.98. The Morgan fingerprint density at radius 3 is 2.73 bits per heavy atom. The summed E-state index contributed by atoms with van der Waals surface area (Å²) < 4.78 is 16.9. The van der Waals surface area contributed by atoms with Gasteiger partial charge in [-0.05, 0) is 6.42 Å². The predicted molar refractivity (Wildman–Crippen MR) is 63.4 cm³/mol. The van der Waals surface area contributed by atoms with Crippen LogP contribution in [0.4, 0.5) is 0 Å². The lowest BCUT2D eigenvalue weighted by atomic mass is 10.3. The zero-order chi connectivity index (χ0) is 11.1. The van der Waals surface area contributed by atoms with Crippen LogP contribution < -0.4 is 5.73 Å². The van der Waals surface area contributed by atoms with E-state index in [0.29, 0.717) is 5.75 Å². The maximum Gasteiger partial charge on any atom is 0.0594 e. The van der Waals surface area contributed by atoms with Gasteiger partial charge in [0.25, 0.3) is 0 Å². The summed E-state index contributed by atoms with van der Waals surface area (Å²) in [4.78, 5) is 2.30. The van der Waals surface area contributed by atoms with E-state index in [1.54, 1.807) is 0 Å². The van der Waals surface area contributed by atoms with Crippen LogP contribution in [0, 0.1) is 0 Å². The van der Waals surface area contributed by atoms with E-state index < -0.39 is 10.8 Å². The summed E-state index contributed by atoms with van der Waals surface area (Å²) in [5.41, 5.74) is 5.76. The first-order chi connectivity index (χ1) is 7.22. The quantitative estimate of drug-likeness (QED) is 0.692. The van der Waals surface area contributed by atoms with E-state index in [2.05, 4.69) is 4.90 Å². The SMILES string of the molecule is CCC(N)CS(=O)CCN1CCOCC1. The summed E-state index contributed by atoms with van der Waals surface area (Å²) in [5.74, 6) is 1.38. The first kappa shape index (κ1) is 13.1. The minimum absolute atomic E-state index is 0.0931. The minimum atomic E-state index is -0.759.